The van der Waals surface area contributed by atoms with Crippen LogP contribution >= 0.6 is 0 Å². The average Bonchev–Trinajstić information content (AvgIpc) is 2.62. The Balaban J connectivity index is 1.30. The standard InChI is InChI=1S/C24H42O/c1-18-10-13-22(14-11-18)24(25)9-5-6-19(2)16-20-12-15-21-7-3-4-8-23(21)17-20/h18-23H,3-17H2,1-2H3. The van der Waals surface area contributed by atoms with Crippen LogP contribution in [0.15, 0.2) is 0 Å². The fraction of sp³-hybridized carbons (Fsp3) is 0.958. The van der Waals surface area contributed by atoms with E-state index in [2.05, 4.69) is 13.8 Å². The van der Waals surface area contributed by atoms with Crippen molar-refractivity contribution in [3.63, 3.8) is 0 Å². The summed E-state index contributed by atoms with van der Waals surface area (Å²) < 4.78 is 0. The topological polar surface area (TPSA) is 17.1 Å². The normalized spacial score (nSPS) is 37.3. The first kappa shape index (κ1) is 19.4. The molecule has 0 amide bonds. The minimum Gasteiger partial charge on any atom is -0.299 e. The predicted molar refractivity (Wildman–Crippen MR) is 107 cm³/mol. The molecule has 3 saturated carbocycles. The highest BCUT2D eigenvalue weighted by atomic mass is 16.1. The molecule has 3 aliphatic carbocycles. The lowest BCUT2D eigenvalue weighted by molar-refractivity contribution is -0.124. The van der Waals surface area contributed by atoms with Crippen molar-refractivity contribution in [1.82, 2.24) is 0 Å². The van der Waals surface area contributed by atoms with Crippen molar-refractivity contribution in [2.24, 2.45) is 35.5 Å². The summed E-state index contributed by atoms with van der Waals surface area (Å²) in [5.41, 5.74) is 0. The highest BCUT2D eigenvalue weighted by Crippen LogP contribution is 2.44. The fourth-order valence-electron chi connectivity index (χ4n) is 6.28. The summed E-state index contributed by atoms with van der Waals surface area (Å²) in [5.74, 6) is 5.80. The van der Waals surface area contributed by atoms with Crippen molar-refractivity contribution < 1.29 is 4.79 Å². The Morgan fingerprint density at radius 3 is 2.40 bits per heavy atom. The maximum absolute atomic E-state index is 12.4. The van der Waals surface area contributed by atoms with Gasteiger partial charge in [-0.2, -0.15) is 0 Å². The largest absolute Gasteiger partial charge is 0.299 e. The summed E-state index contributed by atoms with van der Waals surface area (Å²) in [7, 11) is 0. The van der Waals surface area contributed by atoms with Crippen LogP contribution in [-0.2, 0) is 4.79 Å². The van der Waals surface area contributed by atoms with E-state index in [9.17, 15) is 4.79 Å². The first-order valence-electron chi connectivity index (χ1n) is 11.6. The molecule has 3 rings (SSSR count). The lowest BCUT2D eigenvalue weighted by Gasteiger charge is -2.40. The number of fused-ring (bicyclic) bond motifs is 1. The van der Waals surface area contributed by atoms with Crippen LogP contribution in [0.5, 0.6) is 0 Å². The maximum Gasteiger partial charge on any atom is 0.135 e. The zero-order chi connectivity index (χ0) is 17.6. The lowest BCUT2D eigenvalue weighted by atomic mass is 9.66. The average molecular weight is 347 g/mol. The molecule has 3 fully saturated rings. The first-order chi connectivity index (χ1) is 12.1. The van der Waals surface area contributed by atoms with Gasteiger partial charge in [-0.25, -0.2) is 0 Å². The Morgan fingerprint density at radius 2 is 1.64 bits per heavy atom. The quantitative estimate of drug-likeness (QED) is 0.477. The number of carbonyl (C=O) groups excluding carboxylic acids is 1. The monoisotopic (exact) mass is 346 g/mol. The number of hydrogen-bond donors (Lipinski definition) is 0. The summed E-state index contributed by atoms with van der Waals surface area (Å²) in [4.78, 5) is 12.4. The molecule has 4 atom stereocenters. The van der Waals surface area contributed by atoms with Gasteiger partial charge in [0, 0.05) is 12.3 Å². The predicted octanol–water partition coefficient (Wildman–Crippen LogP) is 7.18. The highest BCUT2D eigenvalue weighted by Gasteiger charge is 2.32. The number of carbonyl (C=O) groups is 1. The Bertz CT molecular complexity index is 406. The summed E-state index contributed by atoms with van der Waals surface area (Å²) in [6.45, 7) is 4.78. The van der Waals surface area contributed by atoms with Gasteiger partial charge in [-0.1, -0.05) is 65.2 Å². The molecule has 0 spiro atoms. The van der Waals surface area contributed by atoms with Crippen LogP contribution in [-0.4, -0.2) is 5.78 Å². The van der Waals surface area contributed by atoms with Crippen molar-refractivity contribution in [3.8, 4) is 0 Å². The third-order valence-electron chi connectivity index (χ3n) is 7.98. The molecule has 0 aliphatic heterocycles. The zero-order valence-corrected chi connectivity index (χ0v) is 17.0. The molecule has 0 radical (unpaired) electrons. The van der Waals surface area contributed by atoms with Crippen molar-refractivity contribution in [2.75, 3.05) is 0 Å². The van der Waals surface area contributed by atoms with Gasteiger partial charge < -0.3 is 0 Å². The van der Waals surface area contributed by atoms with Crippen LogP contribution < -0.4 is 0 Å². The second kappa shape index (κ2) is 9.56. The number of rotatable bonds is 7. The number of ketones is 1. The van der Waals surface area contributed by atoms with E-state index in [0.29, 0.717) is 11.7 Å². The molecule has 3 aliphatic rings. The van der Waals surface area contributed by atoms with Crippen molar-refractivity contribution in [3.05, 3.63) is 0 Å². The third-order valence-corrected chi connectivity index (χ3v) is 7.98. The number of Topliss-reactive ketones (excluding diaryl/α,β-unsaturated/α-hetero) is 1. The third kappa shape index (κ3) is 5.83. The minimum atomic E-state index is 0.410. The van der Waals surface area contributed by atoms with Gasteiger partial charge in [-0.3, -0.25) is 4.79 Å². The minimum absolute atomic E-state index is 0.410. The first-order valence-corrected chi connectivity index (χ1v) is 11.6. The van der Waals surface area contributed by atoms with Crippen LogP contribution in [0.25, 0.3) is 0 Å². The molecule has 0 aromatic carbocycles. The molecule has 1 heteroatoms. The van der Waals surface area contributed by atoms with Gasteiger partial charge >= 0.3 is 0 Å². The molecule has 0 bridgehead atoms. The highest BCUT2D eigenvalue weighted by molar-refractivity contribution is 5.81. The second-order valence-corrected chi connectivity index (χ2v) is 10.1. The summed E-state index contributed by atoms with van der Waals surface area (Å²) >= 11 is 0. The fourth-order valence-corrected chi connectivity index (χ4v) is 6.28. The summed E-state index contributed by atoms with van der Waals surface area (Å²) in [6.07, 6.45) is 20.1. The Kier molecular flexibility index (Phi) is 7.43. The number of hydrogen-bond acceptors (Lipinski definition) is 1. The van der Waals surface area contributed by atoms with Gasteiger partial charge in [0.15, 0.2) is 0 Å². The van der Waals surface area contributed by atoms with Gasteiger partial charge in [0.25, 0.3) is 0 Å². The Labute approximate surface area is 156 Å². The lowest BCUT2D eigenvalue weighted by Crippen LogP contribution is -2.28. The molecular formula is C24H42O. The Hall–Kier alpha value is -0.330. The Morgan fingerprint density at radius 1 is 0.920 bits per heavy atom. The zero-order valence-electron chi connectivity index (χ0n) is 17.0. The van der Waals surface area contributed by atoms with E-state index in [1.807, 2.05) is 0 Å². The van der Waals surface area contributed by atoms with Crippen LogP contribution in [0.2, 0.25) is 0 Å². The van der Waals surface area contributed by atoms with E-state index in [4.69, 9.17) is 0 Å². The molecule has 0 saturated heterocycles. The van der Waals surface area contributed by atoms with Gasteiger partial charge in [0.2, 0.25) is 0 Å². The van der Waals surface area contributed by atoms with Gasteiger partial charge in [0.05, 0.1) is 0 Å². The van der Waals surface area contributed by atoms with E-state index in [1.54, 1.807) is 0 Å². The molecule has 25 heavy (non-hydrogen) atoms. The maximum atomic E-state index is 12.4. The molecule has 0 heterocycles. The summed E-state index contributed by atoms with van der Waals surface area (Å²) in [5, 5.41) is 0. The molecule has 0 aromatic rings. The molecule has 0 N–H and O–H groups in total. The van der Waals surface area contributed by atoms with Gasteiger partial charge in [0.1, 0.15) is 5.78 Å². The van der Waals surface area contributed by atoms with Gasteiger partial charge in [-0.15, -0.1) is 0 Å². The molecule has 1 nitrogen and oxygen atoms in total. The van der Waals surface area contributed by atoms with Crippen LogP contribution in [0, 0.1) is 35.5 Å². The van der Waals surface area contributed by atoms with E-state index >= 15 is 0 Å². The van der Waals surface area contributed by atoms with E-state index in [1.165, 1.54) is 83.5 Å². The van der Waals surface area contributed by atoms with Crippen molar-refractivity contribution in [1.29, 1.82) is 0 Å². The second-order valence-electron chi connectivity index (χ2n) is 10.1. The molecule has 0 aromatic heterocycles. The smallest absolute Gasteiger partial charge is 0.135 e. The van der Waals surface area contributed by atoms with Gasteiger partial charge in [-0.05, 0) is 68.1 Å². The van der Waals surface area contributed by atoms with Crippen LogP contribution in [0.3, 0.4) is 0 Å². The molecule has 4 unspecified atom stereocenters. The van der Waals surface area contributed by atoms with E-state index in [-0.39, 0.29) is 0 Å². The van der Waals surface area contributed by atoms with E-state index < -0.39 is 0 Å². The van der Waals surface area contributed by atoms with Crippen molar-refractivity contribution >= 4 is 5.78 Å². The van der Waals surface area contributed by atoms with Crippen molar-refractivity contribution in [2.45, 2.75) is 110 Å². The SMILES string of the molecule is CC1CCC(C(=O)CCCC(C)CC2CCC3CCCCC3C2)CC1. The van der Waals surface area contributed by atoms with Crippen LogP contribution in [0.1, 0.15) is 110 Å². The molecule has 144 valence electrons. The van der Waals surface area contributed by atoms with Crippen LogP contribution in [0.4, 0.5) is 0 Å². The molecular weight excluding hydrogens is 304 g/mol. The summed E-state index contributed by atoms with van der Waals surface area (Å²) in [6, 6.07) is 0. The van der Waals surface area contributed by atoms with E-state index in [0.717, 1.165) is 42.4 Å².